The predicted octanol–water partition coefficient (Wildman–Crippen LogP) is 2.29. The summed E-state index contributed by atoms with van der Waals surface area (Å²) in [5.41, 5.74) is -0.424. The summed E-state index contributed by atoms with van der Waals surface area (Å²) in [6.45, 7) is 7.77. The molecular formula is C14H29NO2. The van der Waals surface area contributed by atoms with Gasteiger partial charge in [-0.05, 0) is 32.2 Å². The summed E-state index contributed by atoms with van der Waals surface area (Å²) in [6.07, 6.45) is 5.41. The van der Waals surface area contributed by atoms with Crippen LogP contribution in [-0.2, 0) is 4.74 Å². The van der Waals surface area contributed by atoms with E-state index in [1.165, 1.54) is 12.8 Å². The molecule has 0 aliphatic heterocycles. The summed E-state index contributed by atoms with van der Waals surface area (Å²) in [6, 6.07) is 0. The Morgan fingerprint density at radius 1 is 1.24 bits per heavy atom. The first-order valence-corrected chi connectivity index (χ1v) is 7.00. The van der Waals surface area contributed by atoms with Crippen LogP contribution < -0.4 is 0 Å². The topological polar surface area (TPSA) is 32.7 Å². The van der Waals surface area contributed by atoms with Crippen LogP contribution in [0.3, 0.4) is 0 Å². The Morgan fingerprint density at radius 3 is 2.47 bits per heavy atom. The Morgan fingerprint density at radius 2 is 1.88 bits per heavy atom. The van der Waals surface area contributed by atoms with E-state index in [9.17, 15) is 5.11 Å². The van der Waals surface area contributed by atoms with E-state index in [2.05, 4.69) is 25.8 Å². The van der Waals surface area contributed by atoms with Crippen molar-refractivity contribution in [3.8, 4) is 0 Å². The molecule has 0 radical (unpaired) electrons. The molecule has 0 aromatic rings. The molecule has 0 amide bonds. The van der Waals surface area contributed by atoms with E-state index < -0.39 is 5.60 Å². The van der Waals surface area contributed by atoms with Crippen molar-refractivity contribution >= 4 is 0 Å². The highest BCUT2D eigenvalue weighted by molar-refractivity contribution is 4.86. The highest BCUT2D eigenvalue weighted by Gasteiger charge is 2.31. The Kier molecular flexibility index (Phi) is 6.45. The molecule has 1 saturated carbocycles. The second-order valence-electron chi connectivity index (χ2n) is 5.96. The van der Waals surface area contributed by atoms with E-state index in [1.807, 2.05) is 0 Å². The Balaban J connectivity index is 2.03. The van der Waals surface area contributed by atoms with Crippen molar-refractivity contribution in [3.05, 3.63) is 0 Å². The molecule has 3 heteroatoms. The maximum absolute atomic E-state index is 10.3. The fraction of sp³-hybridized carbons (Fsp3) is 1.00. The van der Waals surface area contributed by atoms with Gasteiger partial charge in [-0.3, -0.25) is 0 Å². The molecule has 102 valence electrons. The number of rotatable bonds is 8. The van der Waals surface area contributed by atoms with Crippen LogP contribution in [-0.4, -0.2) is 49.0 Å². The predicted molar refractivity (Wildman–Crippen MR) is 71.2 cm³/mol. The second kappa shape index (κ2) is 7.34. The molecule has 1 aliphatic rings. The quantitative estimate of drug-likeness (QED) is 0.664. The molecule has 1 fully saturated rings. The fourth-order valence-corrected chi connectivity index (χ4v) is 2.41. The molecule has 3 nitrogen and oxygen atoms in total. The number of aliphatic hydroxyl groups is 1. The summed E-state index contributed by atoms with van der Waals surface area (Å²) < 4.78 is 5.59. The first-order chi connectivity index (χ1) is 8.02. The first kappa shape index (κ1) is 14.9. The Bertz CT molecular complexity index is 200. The van der Waals surface area contributed by atoms with E-state index in [4.69, 9.17) is 4.74 Å². The molecule has 1 N–H and O–H groups in total. The van der Waals surface area contributed by atoms with Gasteiger partial charge in [0.2, 0.25) is 0 Å². The number of likely N-dealkylation sites (N-methyl/N-ethyl adjacent to an activating group) is 1. The van der Waals surface area contributed by atoms with Gasteiger partial charge in [-0.25, -0.2) is 0 Å². The fourth-order valence-electron chi connectivity index (χ4n) is 2.41. The van der Waals surface area contributed by atoms with E-state index in [-0.39, 0.29) is 0 Å². The normalized spacial score (nSPS) is 19.4. The van der Waals surface area contributed by atoms with E-state index in [0.29, 0.717) is 5.92 Å². The van der Waals surface area contributed by atoms with Gasteiger partial charge in [-0.15, -0.1) is 0 Å². The van der Waals surface area contributed by atoms with Gasteiger partial charge in [-0.1, -0.05) is 26.7 Å². The lowest BCUT2D eigenvalue weighted by molar-refractivity contribution is 0.00792. The van der Waals surface area contributed by atoms with Crippen LogP contribution in [0.5, 0.6) is 0 Å². The van der Waals surface area contributed by atoms with Gasteiger partial charge in [0.15, 0.2) is 0 Å². The van der Waals surface area contributed by atoms with Gasteiger partial charge in [0, 0.05) is 19.7 Å². The highest BCUT2D eigenvalue weighted by atomic mass is 16.5. The summed E-state index contributed by atoms with van der Waals surface area (Å²) in [4.78, 5) is 2.20. The van der Waals surface area contributed by atoms with Gasteiger partial charge in [0.1, 0.15) is 0 Å². The van der Waals surface area contributed by atoms with Crippen molar-refractivity contribution in [2.24, 2.45) is 5.92 Å². The lowest BCUT2D eigenvalue weighted by Gasteiger charge is -2.28. The van der Waals surface area contributed by atoms with Crippen LogP contribution >= 0.6 is 0 Å². The molecule has 1 rings (SSSR count). The SMILES string of the molecule is CC(C)CCOCCN(C)CC1(O)CCCC1. The van der Waals surface area contributed by atoms with Crippen molar-refractivity contribution in [3.63, 3.8) is 0 Å². The molecule has 0 spiro atoms. The average Bonchev–Trinajstić information content (AvgIpc) is 2.63. The summed E-state index contributed by atoms with van der Waals surface area (Å²) in [5, 5.41) is 10.3. The van der Waals surface area contributed by atoms with Crippen LogP contribution in [0.2, 0.25) is 0 Å². The lowest BCUT2D eigenvalue weighted by atomic mass is 10.0. The van der Waals surface area contributed by atoms with Crippen molar-refractivity contribution in [1.29, 1.82) is 0 Å². The summed E-state index contributed by atoms with van der Waals surface area (Å²) >= 11 is 0. The molecule has 1 aliphatic carbocycles. The maximum atomic E-state index is 10.3. The van der Waals surface area contributed by atoms with Gasteiger partial charge < -0.3 is 14.7 Å². The number of nitrogens with zero attached hydrogens (tertiary/aromatic N) is 1. The zero-order valence-electron chi connectivity index (χ0n) is 11.7. The molecule has 0 aromatic carbocycles. The monoisotopic (exact) mass is 243 g/mol. The Labute approximate surface area is 106 Å². The first-order valence-electron chi connectivity index (χ1n) is 7.00. The van der Waals surface area contributed by atoms with Gasteiger partial charge in [-0.2, -0.15) is 0 Å². The maximum Gasteiger partial charge on any atom is 0.0774 e. The van der Waals surface area contributed by atoms with Crippen molar-refractivity contribution in [2.45, 2.75) is 51.6 Å². The van der Waals surface area contributed by atoms with E-state index >= 15 is 0 Å². The van der Waals surface area contributed by atoms with E-state index in [1.54, 1.807) is 0 Å². The van der Waals surface area contributed by atoms with Crippen LogP contribution in [0, 0.1) is 5.92 Å². The number of hydrogen-bond donors (Lipinski definition) is 1. The molecule has 0 heterocycles. The molecule has 0 bridgehead atoms. The second-order valence-corrected chi connectivity index (χ2v) is 5.96. The number of ether oxygens (including phenoxy) is 1. The van der Waals surface area contributed by atoms with Crippen molar-refractivity contribution < 1.29 is 9.84 Å². The molecule has 0 unspecified atom stereocenters. The van der Waals surface area contributed by atoms with Crippen LogP contribution in [0.4, 0.5) is 0 Å². The van der Waals surface area contributed by atoms with Gasteiger partial charge in [0.05, 0.1) is 12.2 Å². The average molecular weight is 243 g/mol. The minimum Gasteiger partial charge on any atom is -0.389 e. The summed E-state index contributed by atoms with van der Waals surface area (Å²) in [7, 11) is 2.07. The molecule has 17 heavy (non-hydrogen) atoms. The third kappa shape index (κ3) is 6.39. The minimum atomic E-state index is -0.424. The largest absolute Gasteiger partial charge is 0.389 e. The zero-order valence-corrected chi connectivity index (χ0v) is 11.7. The van der Waals surface area contributed by atoms with Gasteiger partial charge >= 0.3 is 0 Å². The molecular weight excluding hydrogens is 214 g/mol. The third-order valence-electron chi connectivity index (χ3n) is 3.56. The lowest BCUT2D eigenvalue weighted by Crippen LogP contribution is -2.40. The Hall–Kier alpha value is -0.120. The number of hydrogen-bond acceptors (Lipinski definition) is 3. The third-order valence-corrected chi connectivity index (χ3v) is 3.56. The smallest absolute Gasteiger partial charge is 0.0774 e. The highest BCUT2D eigenvalue weighted by Crippen LogP contribution is 2.29. The van der Waals surface area contributed by atoms with Crippen LogP contribution in [0.1, 0.15) is 46.0 Å². The van der Waals surface area contributed by atoms with Crippen LogP contribution in [0.15, 0.2) is 0 Å². The molecule has 0 saturated heterocycles. The minimum absolute atomic E-state index is 0.424. The molecule has 0 aromatic heterocycles. The van der Waals surface area contributed by atoms with Crippen LogP contribution in [0.25, 0.3) is 0 Å². The van der Waals surface area contributed by atoms with E-state index in [0.717, 1.165) is 45.6 Å². The van der Waals surface area contributed by atoms with Crippen molar-refractivity contribution in [1.82, 2.24) is 4.90 Å². The standard InChI is InChI=1S/C14H29NO2/c1-13(2)6-10-17-11-9-15(3)12-14(16)7-4-5-8-14/h13,16H,4-12H2,1-3H3. The van der Waals surface area contributed by atoms with Gasteiger partial charge in [0.25, 0.3) is 0 Å². The summed E-state index contributed by atoms with van der Waals surface area (Å²) in [5.74, 6) is 0.715. The molecule has 0 atom stereocenters. The van der Waals surface area contributed by atoms with Crippen molar-refractivity contribution in [2.75, 3.05) is 33.4 Å². The zero-order chi connectivity index (χ0) is 12.7.